The first-order chi connectivity index (χ1) is 3.31. The molecular formula is C3H6N2OS. The molecule has 0 aromatic carbocycles. The van der Waals surface area contributed by atoms with Crippen molar-refractivity contribution in [3.05, 3.63) is 0 Å². The summed E-state index contributed by atoms with van der Waals surface area (Å²) in [7, 11) is 1.66. The maximum absolute atomic E-state index is 7.81. The normalized spacial score (nSPS) is 9.29. The van der Waals surface area contributed by atoms with Crippen LogP contribution in [0.4, 0.5) is 0 Å². The van der Waals surface area contributed by atoms with Crippen molar-refractivity contribution in [2.75, 3.05) is 7.05 Å². The molecule has 0 aliphatic rings. The molecule has 4 heteroatoms. The largest absolute Gasteiger partial charge is 0.411 e. The van der Waals surface area contributed by atoms with E-state index in [0.29, 0.717) is 4.99 Å². The van der Waals surface area contributed by atoms with Crippen LogP contribution < -0.4 is 5.32 Å². The lowest BCUT2D eigenvalue weighted by molar-refractivity contribution is 0.322. The molecular weight excluding hydrogens is 112 g/mol. The van der Waals surface area contributed by atoms with Gasteiger partial charge in [0.05, 0.1) is 0 Å². The van der Waals surface area contributed by atoms with E-state index in [2.05, 4.69) is 22.7 Å². The Morgan fingerprint density at radius 2 is 2.57 bits per heavy atom. The Kier molecular flexibility index (Phi) is 3.22. The van der Waals surface area contributed by atoms with Gasteiger partial charge in [0, 0.05) is 7.05 Å². The third-order valence-corrected chi connectivity index (χ3v) is 0.731. The molecule has 0 rings (SSSR count). The van der Waals surface area contributed by atoms with E-state index in [0.717, 1.165) is 6.21 Å². The lowest BCUT2D eigenvalue weighted by Gasteiger charge is -1.87. The molecule has 0 bridgehead atoms. The molecule has 0 aliphatic heterocycles. The minimum absolute atomic E-state index is 0.419. The van der Waals surface area contributed by atoms with Crippen LogP contribution in [0.5, 0.6) is 0 Å². The standard InChI is InChI=1S/C3H6N2OS/c1-4-3(7)2-5-6/h2,6H,1H3,(H,4,7). The fraction of sp³-hybridized carbons (Fsp3) is 0.333. The lowest BCUT2D eigenvalue weighted by atomic mass is 10.7. The van der Waals surface area contributed by atoms with Gasteiger partial charge in [-0.25, -0.2) is 0 Å². The summed E-state index contributed by atoms with van der Waals surface area (Å²) in [6.45, 7) is 0. The van der Waals surface area contributed by atoms with Crippen molar-refractivity contribution in [3.63, 3.8) is 0 Å². The maximum atomic E-state index is 7.81. The molecule has 0 heterocycles. The molecule has 0 aromatic heterocycles. The Morgan fingerprint density at radius 1 is 2.00 bits per heavy atom. The number of thiocarbonyl (C=S) groups is 1. The van der Waals surface area contributed by atoms with Crippen molar-refractivity contribution in [2.24, 2.45) is 5.16 Å². The first-order valence-corrected chi connectivity index (χ1v) is 2.11. The van der Waals surface area contributed by atoms with Crippen LogP contribution in [-0.2, 0) is 0 Å². The van der Waals surface area contributed by atoms with Crippen molar-refractivity contribution in [1.29, 1.82) is 0 Å². The second-order valence-corrected chi connectivity index (χ2v) is 1.30. The zero-order chi connectivity index (χ0) is 5.70. The first kappa shape index (κ1) is 6.36. The van der Waals surface area contributed by atoms with E-state index in [-0.39, 0.29) is 0 Å². The number of nitrogens with zero attached hydrogens (tertiary/aromatic N) is 1. The summed E-state index contributed by atoms with van der Waals surface area (Å²) in [4.78, 5) is 0.419. The SMILES string of the molecule is CNC(=S)C=NO. The number of hydrogen-bond donors (Lipinski definition) is 2. The van der Waals surface area contributed by atoms with Gasteiger partial charge in [-0.1, -0.05) is 17.4 Å². The summed E-state index contributed by atoms with van der Waals surface area (Å²) in [6, 6.07) is 0. The smallest absolute Gasteiger partial charge is 0.120 e. The van der Waals surface area contributed by atoms with E-state index in [1.165, 1.54) is 0 Å². The summed E-state index contributed by atoms with van der Waals surface area (Å²) in [5.41, 5.74) is 0. The van der Waals surface area contributed by atoms with Gasteiger partial charge < -0.3 is 10.5 Å². The number of oxime groups is 1. The summed E-state index contributed by atoms with van der Waals surface area (Å²) in [5, 5.41) is 13.1. The molecule has 0 aromatic rings. The highest BCUT2D eigenvalue weighted by atomic mass is 32.1. The van der Waals surface area contributed by atoms with Crippen LogP contribution >= 0.6 is 12.2 Å². The van der Waals surface area contributed by atoms with E-state index in [1.807, 2.05) is 0 Å². The van der Waals surface area contributed by atoms with E-state index in [1.54, 1.807) is 7.05 Å². The van der Waals surface area contributed by atoms with Crippen LogP contribution in [0.3, 0.4) is 0 Å². The van der Waals surface area contributed by atoms with Gasteiger partial charge in [0.2, 0.25) is 0 Å². The molecule has 3 nitrogen and oxygen atoms in total. The average Bonchev–Trinajstić information content (AvgIpc) is 1.68. The maximum Gasteiger partial charge on any atom is 0.120 e. The molecule has 0 saturated heterocycles. The van der Waals surface area contributed by atoms with Gasteiger partial charge in [0.25, 0.3) is 0 Å². The van der Waals surface area contributed by atoms with Gasteiger partial charge in [0.1, 0.15) is 11.2 Å². The van der Waals surface area contributed by atoms with Crippen molar-refractivity contribution in [1.82, 2.24) is 5.32 Å². The van der Waals surface area contributed by atoms with Crippen LogP contribution in [0.1, 0.15) is 0 Å². The molecule has 0 fully saturated rings. The van der Waals surface area contributed by atoms with Crippen LogP contribution in [0.15, 0.2) is 5.16 Å². The monoisotopic (exact) mass is 118 g/mol. The second kappa shape index (κ2) is 3.55. The fourth-order valence-electron chi connectivity index (χ4n) is 0.117. The van der Waals surface area contributed by atoms with Crippen LogP contribution in [0, 0.1) is 0 Å². The van der Waals surface area contributed by atoms with Gasteiger partial charge >= 0.3 is 0 Å². The molecule has 0 unspecified atom stereocenters. The number of nitrogens with one attached hydrogen (secondary N) is 1. The highest BCUT2D eigenvalue weighted by Crippen LogP contribution is 1.60. The van der Waals surface area contributed by atoms with Crippen molar-refractivity contribution in [2.45, 2.75) is 0 Å². The number of rotatable bonds is 1. The van der Waals surface area contributed by atoms with Gasteiger partial charge in [-0.2, -0.15) is 0 Å². The van der Waals surface area contributed by atoms with E-state index in [4.69, 9.17) is 5.21 Å². The predicted octanol–water partition coefficient (Wildman–Crippen LogP) is -0.00680. The van der Waals surface area contributed by atoms with Crippen LogP contribution in [0.25, 0.3) is 0 Å². The Labute approximate surface area is 47.0 Å². The van der Waals surface area contributed by atoms with Crippen LogP contribution in [0.2, 0.25) is 0 Å². The highest BCUT2D eigenvalue weighted by Gasteiger charge is 1.78. The Balaban J connectivity index is 3.37. The van der Waals surface area contributed by atoms with Gasteiger partial charge in [-0.3, -0.25) is 0 Å². The first-order valence-electron chi connectivity index (χ1n) is 1.70. The van der Waals surface area contributed by atoms with E-state index in [9.17, 15) is 0 Å². The predicted molar refractivity (Wildman–Crippen MR) is 31.9 cm³/mol. The van der Waals surface area contributed by atoms with Crippen molar-refractivity contribution in [3.8, 4) is 0 Å². The third kappa shape index (κ3) is 3.18. The second-order valence-electron chi connectivity index (χ2n) is 0.859. The van der Waals surface area contributed by atoms with Gasteiger partial charge in [0.15, 0.2) is 0 Å². The third-order valence-electron chi connectivity index (χ3n) is 0.421. The van der Waals surface area contributed by atoms with Gasteiger partial charge in [-0.15, -0.1) is 0 Å². The number of hydrogen-bond acceptors (Lipinski definition) is 3. The molecule has 0 spiro atoms. The minimum Gasteiger partial charge on any atom is -0.411 e. The molecule has 40 valence electrons. The molecule has 0 atom stereocenters. The summed E-state index contributed by atoms with van der Waals surface area (Å²) in [5.74, 6) is 0. The summed E-state index contributed by atoms with van der Waals surface area (Å²) in [6.07, 6.45) is 1.15. The highest BCUT2D eigenvalue weighted by molar-refractivity contribution is 7.81. The molecule has 0 aliphatic carbocycles. The van der Waals surface area contributed by atoms with E-state index >= 15 is 0 Å². The van der Waals surface area contributed by atoms with Gasteiger partial charge in [-0.05, 0) is 0 Å². The molecule has 0 saturated carbocycles. The van der Waals surface area contributed by atoms with Crippen molar-refractivity contribution >= 4 is 23.4 Å². The average molecular weight is 118 g/mol. The molecule has 0 amide bonds. The van der Waals surface area contributed by atoms with Crippen LogP contribution in [-0.4, -0.2) is 23.5 Å². The Morgan fingerprint density at radius 3 is 2.71 bits per heavy atom. The minimum atomic E-state index is 0.419. The molecule has 7 heavy (non-hydrogen) atoms. The lowest BCUT2D eigenvalue weighted by Crippen LogP contribution is -2.15. The van der Waals surface area contributed by atoms with Crippen molar-refractivity contribution < 1.29 is 5.21 Å². The Bertz CT molecular complexity index is 90.9. The van der Waals surface area contributed by atoms with E-state index < -0.39 is 0 Å². The molecule has 2 N–H and O–H groups in total. The summed E-state index contributed by atoms with van der Waals surface area (Å²) < 4.78 is 0. The topological polar surface area (TPSA) is 44.6 Å². The summed E-state index contributed by atoms with van der Waals surface area (Å²) >= 11 is 4.53. The fourth-order valence-corrected chi connectivity index (χ4v) is 0.164. The quantitative estimate of drug-likeness (QED) is 0.220. The zero-order valence-electron chi connectivity index (χ0n) is 3.88. The Hall–Kier alpha value is -0.640. The zero-order valence-corrected chi connectivity index (χ0v) is 4.70. The molecule has 0 radical (unpaired) electrons.